The molecule has 1 saturated heterocycles. The summed E-state index contributed by atoms with van der Waals surface area (Å²) < 4.78 is 14.8. The Morgan fingerprint density at radius 2 is 0.923 bits per heavy atom. The van der Waals surface area contributed by atoms with Gasteiger partial charge in [0.1, 0.15) is 22.4 Å². The number of aliphatic hydroxyl groups is 1. The monoisotopic (exact) mass is 1080 g/mol. The van der Waals surface area contributed by atoms with Crippen LogP contribution < -0.4 is 16.4 Å². The molecule has 3 aromatic heterocycles. The molecule has 0 spiro atoms. The molecule has 10 rings (SSSR count). The predicted octanol–water partition coefficient (Wildman–Crippen LogP) is 14.0. The van der Waals surface area contributed by atoms with Gasteiger partial charge in [0.05, 0.1) is 25.4 Å². The van der Waals surface area contributed by atoms with Gasteiger partial charge in [-0.15, -0.1) is 0 Å². The number of ether oxygens (including phenoxy) is 3. The zero-order valence-corrected chi connectivity index (χ0v) is 47.1. The van der Waals surface area contributed by atoms with Crippen molar-refractivity contribution in [3.8, 4) is 0 Å². The summed E-state index contributed by atoms with van der Waals surface area (Å²) >= 11 is 5.64. The van der Waals surface area contributed by atoms with Gasteiger partial charge < -0.3 is 35.7 Å². The number of benzene rings is 3. The minimum atomic E-state index is -0.435. The SMILES string of the molecule is C1CCOC1.CCOC(=O)c1cccnc1Cl.CCOC(=O)c1cccnc1NCC1(c2ccccc2)CCCCC1.NCC1(c2ccccc2)CCCCC1.OCc1cccnc1NCC1(c2ccccc2)CCCCC1. The van der Waals surface area contributed by atoms with E-state index in [1.807, 2.05) is 19.1 Å². The second-order valence-corrected chi connectivity index (χ2v) is 21.1. The van der Waals surface area contributed by atoms with Crippen LogP contribution in [0.5, 0.6) is 0 Å². The van der Waals surface area contributed by atoms with Crippen molar-refractivity contribution in [2.75, 3.05) is 56.7 Å². The van der Waals surface area contributed by atoms with Crippen molar-refractivity contribution in [1.82, 2.24) is 15.0 Å². The van der Waals surface area contributed by atoms with Crippen LogP contribution in [0.3, 0.4) is 0 Å². The van der Waals surface area contributed by atoms with E-state index >= 15 is 0 Å². The van der Waals surface area contributed by atoms with Gasteiger partial charge in [-0.1, -0.05) is 166 Å². The Morgan fingerprint density at radius 3 is 1.35 bits per heavy atom. The van der Waals surface area contributed by atoms with Crippen LogP contribution in [0.25, 0.3) is 0 Å². The van der Waals surface area contributed by atoms with Crippen molar-refractivity contribution in [3.63, 3.8) is 0 Å². The van der Waals surface area contributed by atoms with Crippen LogP contribution in [0.1, 0.15) is 166 Å². The molecule has 3 saturated carbocycles. The molecule has 4 heterocycles. The van der Waals surface area contributed by atoms with E-state index in [0.717, 1.165) is 57.1 Å². The lowest BCUT2D eigenvalue weighted by Crippen LogP contribution is -2.37. The fourth-order valence-electron chi connectivity index (χ4n) is 11.2. The second kappa shape index (κ2) is 33.3. The van der Waals surface area contributed by atoms with Gasteiger partial charge in [-0.3, -0.25) is 0 Å². The summed E-state index contributed by atoms with van der Waals surface area (Å²) in [5.41, 5.74) is 12.5. The Morgan fingerprint density at radius 1 is 0.526 bits per heavy atom. The summed E-state index contributed by atoms with van der Waals surface area (Å²) in [6.07, 6.45) is 26.6. The molecule has 0 bridgehead atoms. The number of aliphatic hydroxyl groups excluding tert-OH is 1. The normalized spacial score (nSPS) is 16.7. The molecule has 418 valence electrons. The Bertz CT molecular complexity index is 2610. The maximum Gasteiger partial charge on any atom is 0.341 e. The van der Waals surface area contributed by atoms with Crippen LogP contribution >= 0.6 is 11.6 Å². The number of halogens is 1. The molecule has 78 heavy (non-hydrogen) atoms. The zero-order chi connectivity index (χ0) is 55.2. The van der Waals surface area contributed by atoms with Gasteiger partial charge in [0.2, 0.25) is 0 Å². The Labute approximate surface area is 469 Å². The Hall–Kier alpha value is -6.18. The molecule has 5 N–H and O–H groups in total. The number of pyridine rings is 3. The Balaban J connectivity index is 0.000000169. The average Bonchev–Trinajstić information content (AvgIpc) is 4.15. The predicted molar refractivity (Wildman–Crippen MR) is 315 cm³/mol. The van der Waals surface area contributed by atoms with E-state index in [-0.39, 0.29) is 28.6 Å². The number of esters is 2. The molecule has 13 heteroatoms. The van der Waals surface area contributed by atoms with E-state index in [1.54, 1.807) is 43.6 Å². The van der Waals surface area contributed by atoms with Crippen molar-refractivity contribution in [2.24, 2.45) is 5.73 Å². The molecule has 3 aromatic carbocycles. The minimum Gasteiger partial charge on any atom is -0.462 e. The topological polar surface area (TPSA) is 171 Å². The number of nitrogens with zero attached hydrogens (tertiary/aromatic N) is 3. The van der Waals surface area contributed by atoms with Crippen LogP contribution in [0.4, 0.5) is 11.6 Å². The highest BCUT2D eigenvalue weighted by Crippen LogP contribution is 2.42. The third-order valence-corrected chi connectivity index (χ3v) is 15.9. The molecule has 3 aliphatic carbocycles. The van der Waals surface area contributed by atoms with E-state index < -0.39 is 5.97 Å². The minimum absolute atomic E-state index is 0.0223. The molecule has 1 aliphatic heterocycles. The third kappa shape index (κ3) is 18.2. The van der Waals surface area contributed by atoms with Gasteiger partial charge in [0.25, 0.3) is 0 Å². The number of hydrogen-bond acceptors (Lipinski definition) is 12. The van der Waals surface area contributed by atoms with Crippen LogP contribution in [0.2, 0.25) is 5.15 Å². The zero-order valence-electron chi connectivity index (χ0n) is 46.3. The number of rotatable bonds is 15. The van der Waals surface area contributed by atoms with Crippen LogP contribution in [0, 0.1) is 0 Å². The first-order valence-corrected chi connectivity index (χ1v) is 29.0. The first-order valence-electron chi connectivity index (χ1n) is 28.6. The first-order chi connectivity index (χ1) is 38.2. The van der Waals surface area contributed by atoms with Crippen LogP contribution in [0.15, 0.2) is 146 Å². The highest BCUT2D eigenvalue weighted by Gasteiger charge is 2.36. The van der Waals surface area contributed by atoms with E-state index in [9.17, 15) is 14.7 Å². The van der Waals surface area contributed by atoms with Crippen molar-refractivity contribution >= 4 is 35.2 Å². The van der Waals surface area contributed by atoms with E-state index in [0.29, 0.717) is 35.6 Å². The highest BCUT2D eigenvalue weighted by atomic mass is 35.5. The van der Waals surface area contributed by atoms with Crippen molar-refractivity contribution in [1.29, 1.82) is 0 Å². The largest absolute Gasteiger partial charge is 0.462 e. The maximum absolute atomic E-state index is 12.2. The van der Waals surface area contributed by atoms with Gasteiger partial charge in [-0.05, 0) is 112 Å². The molecular formula is C65H85ClN6O6. The fourth-order valence-corrected chi connectivity index (χ4v) is 11.4. The standard InChI is InChI=1S/C21H26N2O2.C19H24N2O.C13H19N.C8H8ClNO2.C4H8O/c1-2-25-20(24)18-12-9-15-22-19(18)23-16-21(13-7-4-8-14-21)17-10-5-3-6-11-17;22-14-16-8-7-13-20-18(16)21-15-19(11-5-2-6-12-19)17-9-3-1-4-10-17;14-11-13(9-5-2-6-10-13)12-7-3-1-4-8-12;1-2-12-8(11)6-4-3-5-10-7(6)9;1-2-4-5-3-1/h3,5-6,9-12,15H,2,4,7-8,13-14,16H2,1H3,(H,22,23);1,3-4,7-10,13,22H,2,5-6,11-12,14-15H2,(H,20,21);1,3-4,7-8H,2,5-6,9-11,14H2;3-5H,2H2,1H3;1-4H2. The third-order valence-electron chi connectivity index (χ3n) is 15.6. The summed E-state index contributed by atoms with van der Waals surface area (Å²) in [7, 11) is 0. The molecule has 0 radical (unpaired) electrons. The lowest BCUT2D eigenvalue weighted by atomic mass is 9.69. The van der Waals surface area contributed by atoms with E-state index in [2.05, 4.69) is 117 Å². The first kappa shape index (κ1) is 61.0. The molecule has 0 atom stereocenters. The maximum atomic E-state index is 12.2. The quantitative estimate of drug-likeness (QED) is 0.0568. The molecule has 4 aliphatic rings. The van der Waals surface area contributed by atoms with Gasteiger partial charge in [0, 0.05) is 73.2 Å². The van der Waals surface area contributed by atoms with Crippen LogP contribution in [-0.2, 0) is 37.1 Å². The fraction of sp³-hybridized carbons (Fsp3) is 0.462. The average molecular weight is 1080 g/mol. The summed E-state index contributed by atoms with van der Waals surface area (Å²) in [5.74, 6) is 0.666. The summed E-state index contributed by atoms with van der Waals surface area (Å²) in [5, 5.41) is 16.6. The number of carbonyl (C=O) groups is 2. The number of carbonyl (C=O) groups excluding carboxylic acids is 2. The molecule has 6 aromatic rings. The molecular weight excluding hydrogens is 996 g/mol. The van der Waals surface area contributed by atoms with Crippen molar-refractivity contribution < 1.29 is 28.9 Å². The van der Waals surface area contributed by atoms with Gasteiger partial charge in [-0.25, -0.2) is 24.5 Å². The number of hydrogen-bond donors (Lipinski definition) is 4. The van der Waals surface area contributed by atoms with Gasteiger partial charge >= 0.3 is 11.9 Å². The molecule has 0 amide bonds. The van der Waals surface area contributed by atoms with E-state index in [4.69, 9.17) is 31.5 Å². The number of nitrogens with one attached hydrogen (secondary N) is 2. The molecule has 4 fully saturated rings. The number of anilines is 2. The Kier molecular flexibility index (Phi) is 26.1. The van der Waals surface area contributed by atoms with Gasteiger partial charge in [0.15, 0.2) is 0 Å². The van der Waals surface area contributed by atoms with Gasteiger partial charge in [-0.2, -0.15) is 0 Å². The van der Waals surface area contributed by atoms with Crippen LogP contribution in [-0.4, -0.2) is 78.1 Å². The lowest BCUT2D eigenvalue weighted by Gasteiger charge is -2.38. The second-order valence-electron chi connectivity index (χ2n) is 20.7. The molecule has 12 nitrogen and oxygen atoms in total. The molecule has 0 unspecified atom stereocenters. The smallest absolute Gasteiger partial charge is 0.341 e. The number of aromatic nitrogens is 3. The van der Waals surface area contributed by atoms with Crippen molar-refractivity contribution in [2.45, 2.75) is 146 Å². The summed E-state index contributed by atoms with van der Waals surface area (Å²) in [6.45, 7) is 8.73. The van der Waals surface area contributed by atoms with E-state index in [1.165, 1.54) is 119 Å². The number of nitrogens with two attached hydrogens (primary N) is 1. The summed E-state index contributed by atoms with van der Waals surface area (Å²) in [6, 6.07) is 42.9. The highest BCUT2D eigenvalue weighted by molar-refractivity contribution is 6.32. The summed E-state index contributed by atoms with van der Waals surface area (Å²) in [4.78, 5) is 35.8. The lowest BCUT2D eigenvalue weighted by molar-refractivity contribution is 0.0517. The van der Waals surface area contributed by atoms with Crippen molar-refractivity contribution in [3.05, 3.63) is 185 Å².